The highest BCUT2D eigenvalue weighted by Gasteiger charge is 2.29. The molecule has 2 N–H and O–H groups in total. The Labute approximate surface area is 121 Å². The average Bonchev–Trinajstić information content (AvgIpc) is 2.45. The minimum absolute atomic E-state index is 0.102. The van der Waals surface area contributed by atoms with Gasteiger partial charge in [-0.25, -0.2) is 13.1 Å². The number of carbonyl (C=O) groups excluding carboxylic acids is 1. The van der Waals surface area contributed by atoms with Crippen molar-refractivity contribution in [3.63, 3.8) is 0 Å². The largest absolute Gasteiger partial charge is 0.342 e. The number of nitrogens with zero attached hydrogens (tertiary/aromatic N) is 1. The maximum Gasteiger partial charge on any atom is 0.226 e. The summed E-state index contributed by atoms with van der Waals surface area (Å²) in [5.74, 6) is 0.575. The number of piperidine rings is 2. The topological polar surface area (TPSA) is 78.5 Å². The molecule has 0 aromatic heterocycles. The van der Waals surface area contributed by atoms with Crippen LogP contribution in [0.15, 0.2) is 0 Å². The van der Waals surface area contributed by atoms with Gasteiger partial charge in [0.2, 0.25) is 15.9 Å². The van der Waals surface area contributed by atoms with Crippen LogP contribution < -0.4 is 10.0 Å². The van der Waals surface area contributed by atoms with Gasteiger partial charge < -0.3 is 10.2 Å². The Morgan fingerprint density at radius 2 is 2.15 bits per heavy atom. The normalized spacial score (nSPS) is 28.4. The molecule has 0 aromatic rings. The summed E-state index contributed by atoms with van der Waals surface area (Å²) in [5.41, 5.74) is 0. The van der Waals surface area contributed by atoms with E-state index in [9.17, 15) is 13.2 Å². The fourth-order valence-corrected chi connectivity index (χ4v) is 3.56. The van der Waals surface area contributed by atoms with Crippen LogP contribution in [0.5, 0.6) is 0 Å². The molecule has 2 aliphatic rings. The summed E-state index contributed by atoms with van der Waals surface area (Å²) in [4.78, 5) is 14.4. The number of nitrogens with one attached hydrogen (secondary N) is 2. The molecule has 7 heteroatoms. The van der Waals surface area contributed by atoms with Gasteiger partial charge in [0.05, 0.1) is 12.2 Å². The van der Waals surface area contributed by atoms with Crippen molar-refractivity contribution < 1.29 is 13.2 Å². The number of carbonyl (C=O) groups is 1. The molecule has 0 saturated carbocycles. The van der Waals surface area contributed by atoms with E-state index >= 15 is 0 Å². The van der Waals surface area contributed by atoms with E-state index in [0.29, 0.717) is 13.1 Å². The van der Waals surface area contributed by atoms with Gasteiger partial charge in [-0.05, 0) is 38.1 Å². The Hall–Kier alpha value is -0.660. The molecule has 2 rings (SSSR count). The molecule has 0 aromatic carbocycles. The zero-order valence-corrected chi connectivity index (χ0v) is 12.9. The van der Waals surface area contributed by atoms with Crippen LogP contribution in [0, 0.1) is 11.8 Å². The zero-order valence-electron chi connectivity index (χ0n) is 12.1. The van der Waals surface area contributed by atoms with Crippen LogP contribution >= 0.6 is 0 Å². The summed E-state index contributed by atoms with van der Waals surface area (Å²) in [6.07, 6.45) is 5.14. The van der Waals surface area contributed by atoms with E-state index in [0.717, 1.165) is 45.3 Å². The molecular formula is C13H25N3O3S. The van der Waals surface area contributed by atoms with Gasteiger partial charge in [-0.15, -0.1) is 0 Å². The Balaban J connectivity index is 1.84. The van der Waals surface area contributed by atoms with Crippen molar-refractivity contribution in [1.82, 2.24) is 14.9 Å². The molecule has 0 spiro atoms. The van der Waals surface area contributed by atoms with Crippen molar-refractivity contribution in [2.24, 2.45) is 11.8 Å². The molecule has 1 unspecified atom stereocenters. The van der Waals surface area contributed by atoms with Crippen molar-refractivity contribution in [3.05, 3.63) is 0 Å². The molecule has 20 heavy (non-hydrogen) atoms. The van der Waals surface area contributed by atoms with E-state index in [2.05, 4.69) is 10.0 Å². The molecule has 2 fully saturated rings. The zero-order chi connectivity index (χ0) is 14.6. The lowest BCUT2D eigenvalue weighted by molar-refractivity contribution is -0.137. The minimum atomic E-state index is -3.15. The third kappa shape index (κ3) is 4.71. The van der Waals surface area contributed by atoms with Crippen LogP contribution in [-0.2, 0) is 14.8 Å². The van der Waals surface area contributed by atoms with E-state index in [-0.39, 0.29) is 17.7 Å². The molecular weight excluding hydrogens is 278 g/mol. The van der Waals surface area contributed by atoms with E-state index in [1.165, 1.54) is 6.26 Å². The number of hydrogen-bond acceptors (Lipinski definition) is 4. The highest BCUT2D eigenvalue weighted by Crippen LogP contribution is 2.20. The number of amides is 1. The van der Waals surface area contributed by atoms with Gasteiger partial charge in [0.15, 0.2) is 0 Å². The summed E-state index contributed by atoms with van der Waals surface area (Å²) in [6.45, 7) is 3.71. The summed E-state index contributed by atoms with van der Waals surface area (Å²) < 4.78 is 24.8. The molecule has 2 heterocycles. The van der Waals surface area contributed by atoms with Crippen molar-refractivity contribution >= 4 is 15.9 Å². The second-order valence-corrected chi connectivity index (χ2v) is 7.79. The molecule has 1 amide bonds. The summed E-state index contributed by atoms with van der Waals surface area (Å²) in [7, 11) is -3.15. The predicted octanol–water partition coefficient (Wildman–Crippen LogP) is -0.226. The molecule has 2 saturated heterocycles. The van der Waals surface area contributed by atoms with Crippen LogP contribution in [0.2, 0.25) is 0 Å². The number of rotatable bonds is 4. The summed E-state index contributed by atoms with van der Waals surface area (Å²) in [5, 5.41) is 3.27. The molecule has 0 aliphatic carbocycles. The fraction of sp³-hybridized carbons (Fsp3) is 0.923. The van der Waals surface area contributed by atoms with Crippen LogP contribution in [0.25, 0.3) is 0 Å². The van der Waals surface area contributed by atoms with Crippen LogP contribution in [-0.4, -0.2) is 58.2 Å². The predicted molar refractivity (Wildman–Crippen MR) is 77.7 cm³/mol. The molecule has 2 atom stereocenters. The van der Waals surface area contributed by atoms with E-state index in [1.807, 2.05) is 4.90 Å². The monoisotopic (exact) mass is 303 g/mol. The number of likely N-dealkylation sites (tertiary alicyclic amines) is 1. The van der Waals surface area contributed by atoms with Crippen molar-refractivity contribution in [2.45, 2.75) is 25.7 Å². The minimum Gasteiger partial charge on any atom is -0.342 e. The van der Waals surface area contributed by atoms with Gasteiger partial charge in [-0.2, -0.15) is 0 Å². The Morgan fingerprint density at radius 3 is 2.80 bits per heavy atom. The van der Waals surface area contributed by atoms with E-state index < -0.39 is 10.0 Å². The highest BCUT2D eigenvalue weighted by molar-refractivity contribution is 7.88. The van der Waals surface area contributed by atoms with Crippen LogP contribution in [0.1, 0.15) is 25.7 Å². The van der Waals surface area contributed by atoms with E-state index in [4.69, 9.17) is 0 Å². The highest BCUT2D eigenvalue weighted by atomic mass is 32.2. The van der Waals surface area contributed by atoms with Crippen LogP contribution in [0.4, 0.5) is 0 Å². The van der Waals surface area contributed by atoms with Crippen molar-refractivity contribution in [3.8, 4) is 0 Å². The Morgan fingerprint density at radius 1 is 1.35 bits per heavy atom. The SMILES string of the molecule is CS(=O)(=O)NCC1CCCN(C(=O)[C@H]2CCCNC2)C1. The van der Waals surface area contributed by atoms with Gasteiger partial charge in [0, 0.05) is 26.2 Å². The molecule has 6 nitrogen and oxygen atoms in total. The first-order valence-corrected chi connectivity index (χ1v) is 9.29. The van der Waals surface area contributed by atoms with E-state index in [1.54, 1.807) is 0 Å². The second kappa shape index (κ2) is 6.87. The third-order valence-corrected chi connectivity index (χ3v) is 4.80. The summed E-state index contributed by atoms with van der Waals surface area (Å²) in [6, 6.07) is 0. The maximum absolute atomic E-state index is 12.4. The quantitative estimate of drug-likeness (QED) is 0.752. The second-order valence-electron chi connectivity index (χ2n) is 5.96. The first-order valence-electron chi connectivity index (χ1n) is 7.40. The molecule has 2 aliphatic heterocycles. The Bertz CT molecular complexity index is 432. The lowest BCUT2D eigenvalue weighted by atomic mass is 9.94. The number of hydrogen-bond donors (Lipinski definition) is 2. The molecule has 116 valence electrons. The van der Waals surface area contributed by atoms with Gasteiger partial charge in [0.1, 0.15) is 0 Å². The molecule has 0 radical (unpaired) electrons. The van der Waals surface area contributed by atoms with Crippen molar-refractivity contribution in [2.75, 3.05) is 39.0 Å². The number of sulfonamides is 1. The lowest BCUT2D eigenvalue weighted by Crippen LogP contribution is -2.48. The van der Waals surface area contributed by atoms with Crippen molar-refractivity contribution in [1.29, 1.82) is 0 Å². The molecule has 0 bridgehead atoms. The standard InChI is InChI=1S/C13H25N3O3S/c1-20(18,19)15-8-11-4-3-7-16(10-11)13(17)12-5-2-6-14-9-12/h11-12,14-15H,2-10H2,1H3/t11?,12-/m0/s1. The smallest absolute Gasteiger partial charge is 0.226 e. The lowest BCUT2D eigenvalue weighted by Gasteiger charge is -2.36. The fourth-order valence-electron chi connectivity index (χ4n) is 3.02. The third-order valence-electron chi connectivity index (χ3n) is 4.11. The average molecular weight is 303 g/mol. The van der Waals surface area contributed by atoms with Gasteiger partial charge in [-0.3, -0.25) is 4.79 Å². The first kappa shape index (κ1) is 15.7. The first-order chi connectivity index (χ1) is 9.46. The summed E-state index contributed by atoms with van der Waals surface area (Å²) >= 11 is 0. The van der Waals surface area contributed by atoms with Gasteiger partial charge in [0.25, 0.3) is 0 Å². The maximum atomic E-state index is 12.4. The van der Waals surface area contributed by atoms with Gasteiger partial charge in [-0.1, -0.05) is 0 Å². The Kier molecular flexibility index (Phi) is 5.40. The van der Waals surface area contributed by atoms with Crippen LogP contribution in [0.3, 0.4) is 0 Å². The van der Waals surface area contributed by atoms with Gasteiger partial charge >= 0.3 is 0 Å².